The summed E-state index contributed by atoms with van der Waals surface area (Å²) < 4.78 is 4.99. The first-order chi connectivity index (χ1) is 12.1. The number of aromatic nitrogens is 1. The first-order valence-electron chi connectivity index (χ1n) is 8.25. The summed E-state index contributed by atoms with van der Waals surface area (Å²) in [5, 5.41) is 7.60. The SMILES string of the molecule is COC(=O)c1c(NC(=S)NCc2cccnc2)sc2c1CC[C@H](C)C2. The average molecular weight is 376 g/mol. The summed E-state index contributed by atoms with van der Waals surface area (Å²) >= 11 is 7.00. The Bertz CT molecular complexity index is 774. The molecular weight excluding hydrogens is 354 g/mol. The standard InChI is InChI=1S/C18H21N3O2S2/c1-11-5-6-13-14(8-11)25-16(15(13)17(22)23-2)21-18(24)20-10-12-4-3-7-19-9-12/h3-4,7,9,11H,5-6,8,10H2,1-2H3,(H2,20,21,24)/t11-/m0/s1. The molecule has 3 rings (SSSR count). The summed E-state index contributed by atoms with van der Waals surface area (Å²) in [6.07, 6.45) is 6.54. The van der Waals surface area contributed by atoms with Crippen LogP contribution in [0, 0.1) is 5.92 Å². The summed E-state index contributed by atoms with van der Waals surface area (Å²) in [6, 6.07) is 3.87. The lowest BCUT2D eigenvalue weighted by Gasteiger charge is -2.18. The van der Waals surface area contributed by atoms with Gasteiger partial charge in [-0.25, -0.2) is 4.79 Å². The van der Waals surface area contributed by atoms with Gasteiger partial charge in [0.1, 0.15) is 5.00 Å². The Morgan fingerprint density at radius 2 is 2.36 bits per heavy atom. The molecule has 7 heteroatoms. The molecule has 0 unspecified atom stereocenters. The van der Waals surface area contributed by atoms with Gasteiger partial charge in [0, 0.05) is 23.8 Å². The van der Waals surface area contributed by atoms with Crippen molar-refractivity contribution < 1.29 is 9.53 Å². The maximum absolute atomic E-state index is 12.3. The quantitative estimate of drug-likeness (QED) is 0.630. The largest absolute Gasteiger partial charge is 0.465 e. The maximum Gasteiger partial charge on any atom is 0.341 e. The molecule has 0 bridgehead atoms. The molecule has 2 N–H and O–H groups in total. The molecule has 2 heterocycles. The second kappa shape index (κ2) is 7.93. The molecule has 0 saturated carbocycles. The predicted molar refractivity (Wildman–Crippen MR) is 104 cm³/mol. The van der Waals surface area contributed by atoms with Crippen LogP contribution < -0.4 is 10.6 Å². The predicted octanol–water partition coefficient (Wildman–Crippen LogP) is 3.54. The molecule has 0 amide bonds. The van der Waals surface area contributed by atoms with Gasteiger partial charge in [-0.2, -0.15) is 0 Å². The summed E-state index contributed by atoms with van der Waals surface area (Å²) in [5.41, 5.74) is 2.80. The van der Waals surface area contributed by atoms with Gasteiger partial charge in [-0.05, 0) is 54.6 Å². The minimum absolute atomic E-state index is 0.301. The zero-order chi connectivity index (χ0) is 17.8. The molecule has 0 radical (unpaired) electrons. The van der Waals surface area contributed by atoms with Gasteiger partial charge in [0.15, 0.2) is 5.11 Å². The minimum atomic E-state index is -0.301. The lowest BCUT2D eigenvalue weighted by molar-refractivity contribution is 0.0601. The van der Waals surface area contributed by atoms with E-state index in [2.05, 4.69) is 22.5 Å². The highest BCUT2D eigenvalue weighted by atomic mass is 32.1. The lowest BCUT2D eigenvalue weighted by atomic mass is 9.88. The van der Waals surface area contributed by atoms with Crippen molar-refractivity contribution in [1.29, 1.82) is 0 Å². The Balaban J connectivity index is 1.75. The van der Waals surface area contributed by atoms with Crippen LogP contribution in [0.1, 0.15) is 39.7 Å². The van der Waals surface area contributed by atoms with Gasteiger partial charge in [0.25, 0.3) is 0 Å². The highest BCUT2D eigenvalue weighted by molar-refractivity contribution is 7.80. The summed E-state index contributed by atoms with van der Waals surface area (Å²) in [7, 11) is 1.42. The molecule has 0 fully saturated rings. The van der Waals surface area contributed by atoms with Crippen LogP contribution in [-0.2, 0) is 24.1 Å². The molecule has 1 aliphatic carbocycles. The highest BCUT2D eigenvalue weighted by Gasteiger charge is 2.28. The number of carbonyl (C=O) groups is 1. The number of nitrogens with one attached hydrogen (secondary N) is 2. The number of fused-ring (bicyclic) bond motifs is 1. The number of thiophene rings is 1. The normalized spacial score (nSPS) is 16.0. The molecule has 25 heavy (non-hydrogen) atoms. The van der Waals surface area contributed by atoms with Crippen molar-refractivity contribution in [3.8, 4) is 0 Å². The number of anilines is 1. The van der Waals surface area contributed by atoms with E-state index in [1.165, 1.54) is 12.0 Å². The number of esters is 1. The van der Waals surface area contributed by atoms with Crippen LogP contribution in [0.4, 0.5) is 5.00 Å². The van der Waals surface area contributed by atoms with E-state index in [1.807, 2.05) is 12.1 Å². The molecule has 0 aliphatic heterocycles. The van der Waals surface area contributed by atoms with Crippen molar-refractivity contribution in [3.63, 3.8) is 0 Å². The number of hydrogen-bond acceptors (Lipinski definition) is 5. The number of thiocarbonyl (C=S) groups is 1. The van der Waals surface area contributed by atoms with Crippen LogP contribution in [0.15, 0.2) is 24.5 Å². The van der Waals surface area contributed by atoms with E-state index in [1.54, 1.807) is 23.7 Å². The molecule has 132 valence electrons. The fourth-order valence-corrected chi connectivity index (χ4v) is 4.63. The number of hydrogen-bond donors (Lipinski definition) is 2. The fourth-order valence-electron chi connectivity index (χ4n) is 2.99. The third-order valence-electron chi connectivity index (χ3n) is 4.30. The molecular formula is C18H21N3O2S2. The fraction of sp³-hybridized carbons (Fsp3) is 0.389. The lowest BCUT2D eigenvalue weighted by Crippen LogP contribution is -2.28. The third-order valence-corrected chi connectivity index (χ3v) is 5.72. The molecule has 0 aromatic carbocycles. The first kappa shape index (κ1) is 17.8. The van der Waals surface area contributed by atoms with Gasteiger partial charge in [-0.1, -0.05) is 13.0 Å². The third kappa shape index (κ3) is 4.16. The van der Waals surface area contributed by atoms with Crippen LogP contribution in [0.3, 0.4) is 0 Å². The second-order valence-electron chi connectivity index (χ2n) is 6.22. The van der Waals surface area contributed by atoms with E-state index in [9.17, 15) is 4.79 Å². The summed E-state index contributed by atoms with van der Waals surface area (Å²) in [4.78, 5) is 17.6. The Hall–Kier alpha value is -1.99. The van der Waals surface area contributed by atoms with Gasteiger partial charge in [-0.3, -0.25) is 4.98 Å². The average Bonchev–Trinajstić information content (AvgIpc) is 2.97. The van der Waals surface area contributed by atoms with Crippen LogP contribution in [0.25, 0.3) is 0 Å². The maximum atomic E-state index is 12.3. The summed E-state index contributed by atoms with van der Waals surface area (Å²) in [6.45, 7) is 2.82. The minimum Gasteiger partial charge on any atom is -0.465 e. The number of carbonyl (C=O) groups excluding carboxylic acids is 1. The molecule has 2 aromatic rings. The van der Waals surface area contributed by atoms with Crippen molar-refractivity contribution in [2.75, 3.05) is 12.4 Å². The van der Waals surface area contributed by atoms with Gasteiger partial charge in [0.2, 0.25) is 0 Å². The monoisotopic (exact) mass is 375 g/mol. The second-order valence-corrected chi connectivity index (χ2v) is 7.73. The van der Waals surface area contributed by atoms with Gasteiger partial charge >= 0.3 is 5.97 Å². The highest BCUT2D eigenvalue weighted by Crippen LogP contribution is 2.39. The number of methoxy groups -OCH3 is 1. The van der Waals surface area contributed by atoms with E-state index < -0.39 is 0 Å². The zero-order valence-electron chi connectivity index (χ0n) is 14.3. The molecule has 0 saturated heterocycles. The Morgan fingerprint density at radius 3 is 3.08 bits per heavy atom. The number of pyridine rings is 1. The van der Waals surface area contributed by atoms with Gasteiger partial charge < -0.3 is 15.4 Å². The molecule has 1 aliphatic rings. The molecule has 2 aromatic heterocycles. The van der Waals surface area contributed by atoms with E-state index in [0.29, 0.717) is 23.1 Å². The summed E-state index contributed by atoms with van der Waals surface area (Å²) in [5.74, 6) is 0.338. The molecule has 0 spiro atoms. The Morgan fingerprint density at radius 1 is 1.52 bits per heavy atom. The Labute approximate surface area is 156 Å². The smallest absolute Gasteiger partial charge is 0.341 e. The first-order valence-corrected chi connectivity index (χ1v) is 9.47. The zero-order valence-corrected chi connectivity index (χ0v) is 15.9. The van der Waals surface area contributed by atoms with Crippen molar-refractivity contribution in [2.45, 2.75) is 32.7 Å². The molecule has 1 atom stereocenters. The van der Waals surface area contributed by atoms with Crippen molar-refractivity contribution >= 4 is 39.6 Å². The topological polar surface area (TPSA) is 63.2 Å². The van der Waals surface area contributed by atoms with E-state index in [-0.39, 0.29) is 5.97 Å². The van der Waals surface area contributed by atoms with Gasteiger partial charge in [0.05, 0.1) is 12.7 Å². The van der Waals surface area contributed by atoms with Crippen LogP contribution >= 0.6 is 23.6 Å². The van der Waals surface area contributed by atoms with E-state index in [0.717, 1.165) is 35.4 Å². The van der Waals surface area contributed by atoms with Crippen LogP contribution in [0.2, 0.25) is 0 Å². The molecule has 5 nitrogen and oxygen atoms in total. The number of nitrogens with zero attached hydrogens (tertiary/aromatic N) is 1. The number of ether oxygens (including phenoxy) is 1. The van der Waals surface area contributed by atoms with Crippen LogP contribution in [0.5, 0.6) is 0 Å². The van der Waals surface area contributed by atoms with Gasteiger partial charge in [-0.15, -0.1) is 11.3 Å². The number of rotatable bonds is 4. The van der Waals surface area contributed by atoms with Crippen molar-refractivity contribution in [2.24, 2.45) is 5.92 Å². The van der Waals surface area contributed by atoms with Crippen molar-refractivity contribution in [3.05, 3.63) is 46.1 Å². The van der Waals surface area contributed by atoms with E-state index in [4.69, 9.17) is 17.0 Å². The van der Waals surface area contributed by atoms with Crippen molar-refractivity contribution in [1.82, 2.24) is 10.3 Å². The van der Waals surface area contributed by atoms with Crippen LogP contribution in [-0.4, -0.2) is 23.2 Å². The Kier molecular flexibility index (Phi) is 5.65. The van der Waals surface area contributed by atoms with E-state index >= 15 is 0 Å².